The fraction of sp³-hybridized carbons (Fsp3) is 0.417. The predicted octanol–water partition coefficient (Wildman–Crippen LogP) is 4.30. The molecule has 0 heterocycles. The van der Waals surface area contributed by atoms with Crippen molar-refractivity contribution in [2.24, 2.45) is 0 Å². The molecule has 2 nitrogen and oxygen atoms in total. The van der Waals surface area contributed by atoms with Crippen LogP contribution in [0.3, 0.4) is 0 Å². The minimum Gasteiger partial charge on any atom is -0.462 e. The number of benzene rings is 1. The number of esters is 1. The molecule has 1 aromatic rings. The minimum atomic E-state index is -0.247. The number of unbranched alkanes of at least 4 members (excludes halogenated alkanes) is 1. The summed E-state index contributed by atoms with van der Waals surface area (Å²) in [5.41, 5.74) is 1.65. The summed E-state index contributed by atoms with van der Waals surface area (Å²) in [6.07, 6.45) is 1.94. The third kappa shape index (κ3) is 3.91. The summed E-state index contributed by atoms with van der Waals surface area (Å²) in [7, 11) is 0. The van der Waals surface area contributed by atoms with Crippen molar-refractivity contribution in [3.05, 3.63) is 33.8 Å². The lowest BCUT2D eigenvalue weighted by atomic mass is 10.1. The van der Waals surface area contributed by atoms with E-state index in [1.165, 1.54) is 0 Å². The standard InChI is InChI=1S/C12H14Br2O2/c1-2-3-6-16-12(15)9-4-5-11(14)10(7-9)8-13/h4-5,7H,2-3,6,8H2,1H3. The molecule has 0 spiro atoms. The molecule has 4 heteroatoms. The molecule has 0 unspecified atom stereocenters. The average Bonchev–Trinajstić information content (AvgIpc) is 2.30. The van der Waals surface area contributed by atoms with Crippen LogP contribution in [0.4, 0.5) is 0 Å². The smallest absolute Gasteiger partial charge is 0.338 e. The van der Waals surface area contributed by atoms with E-state index < -0.39 is 0 Å². The first-order chi connectivity index (χ1) is 7.69. The highest BCUT2D eigenvalue weighted by Gasteiger charge is 2.09. The molecule has 0 aliphatic heterocycles. The normalized spacial score (nSPS) is 10.2. The van der Waals surface area contributed by atoms with Gasteiger partial charge in [-0.2, -0.15) is 0 Å². The van der Waals surface area contributed by atoms with Gasteiger partial charge in [0.25, 0.3) is 0 Å². The first-order valence-corrected chi connectivity index (χ1v) is 7.12. The Labute approximate surface area is 113 Å². The van der Waals surface area contributed by atoms with Gasteiger partial charge in [0.05, 0.1) is 12.2 Å². The summed E-state index contributed by atoms with van der Waals surface area (Å²) >= 11 is 6.79. The monoisotopic (exact) mass is 348 g/mol. The number of hydrogen-bond donors (Lipinski definition) is 0. The first-order valence-electron chi connectivity index (χ1n) is 5.20. The van der Waals surface area contributed by atoms with Gasteiger partial charge in [0.15, 0.2) is 0 Å². The van der Waals surface area contributed by atoms with Gasteiger partial charge < -0.3 is 4.74 Å². The minimum absolute atomic E-state index is 0.247. The van der Waals surface area contributed by atoms with Crippen LogP contribution in [-0.2, 0) is 10.1 Å². The Morgan fingerprint density at radius 2 is 2.19 bits per heavy atom. The zero-order valence-electron chi connectivity index (χ0n) is 9.13. The molecule has 0 amide bonds. The summed E-state index contributed by atoms with van der Waals surface area (Å²) in [5, 5.41) is 0.712. The Kier molecular flexibility index (Phi) is 6.06. The van der Waals surface area contributed by atoms with Gasteiger partial charge in [0.2, 0.25) is 0 Å². The van der Waals surface area contributed by atoms with Crippen LogP contribution in [-0.4, -0.2) is 12.6 Å². The zero-order valence-corrected chi connectivity index (χ0v) is 12.3. The molecule has 88 valence electrons. The Morgan fingerprint density at radius 3 is 2.81 bits per heavy atom. The molecule has 0 atom stereocenters. The van der Waals surface area contributed by atoms with Crippen LogP contribution in [0.1, 0.15) is 35.7 Å². The second kappa shape index (κ2) is 7.07. The second-order valence-corrected chi connectivity index (χ2v) is 4.84. The highest BCUT2D eigenvalue weighted by molar-refractivity contribution is 9.10. The molecular formula is C12H14Br2O2. The Morgan fingerprint density at radius 1 is 1.44 bits per heavy atom. The zero-order chi connectivity index (χ0) is 12.0. The quantitative estimate of drug-likeness (QED) is 0.450. The number of carbonyl (C=O) groups is 1. The van der Waals surface area contributed by atoms with Gasteiger partial charge in [-0.25, -0.2) is 4.79 Å². The fourth-order valence-corrected chi connectivity index (χ4v) is 2.42. The molecule has 0 saturated carbocycles. The van der Waals surface area contributed by atoms with E-state index in [1.54, 1.807) is 6.07 Å². The van der Waals surface area contributed by atoms with E-state index >= 15 is 0 Å². The highest BCUT2D eigenvalue weighted by Crippen LogP contribution is 2.21. The van der Waals surface area contributed by atoms with Gasteiger partial charge in [-0.3, -0.25) is 0 Å². The molecule has 0 aliphatic carbocycles. The van der Waals surface area contributed by atoms with Crippen molar-refractivity contribution in [1.29, 1.82) is 0 Å². The summed E-state index contributed by atoms with van der Waals surface area (Å²) < 4.78 is 6.13. The lowest BCUT2D eigenvalue weighted by Crippen LogP contribution is -2.06. The largest absolute Gasteiger partial charge is 0.462 e. The average molecular weight is 350 g/mol. The van der Waals surface area contributed by atoms with Crippen LogP contribution in [0.25, 0.3) is 0 Å². The van der Waals surface area contributed by atoms with Gasteiger partial charge in [-0.15, -0.1) is 0 Å². The van der Waals surface area contributed by atoms with Gasteiger partial charge in [-0.05, 0) is 30.2 Å². The van der Waals surface area contributed by atoms with Crippen molar-refractivity contribution in [2.75, 3.05) is 6.61 Å². The van der Waals surface area contributed by atoms with Crippen LogP contribution < -0.4 is 0 Å². The maximum absolute atomic E-state index is 11.6. The van der Waals surface area contributed by atoms with Gasteiger partial charge in [-0.1, -0.05) is 45.2 Å². The lowest BCUT2D eigenvalue weighted by Gasteiger charge is -2.06. The maximum atomic E-state index is 11.6. The molecule has 0 N–H and O–H groups in total. The molecule has 1 aromatic carbocycles. The number of alkyl halides is 1. The maximum Gasteiger partial charge on any atom is 0.338 e. The Balaban J connectivity index is 2.68. The topological polar surface area (TPSA) is 26.3 Å². The third-order valence-corrected chi connectivity index (χ3v) is 3.53. The van der Waals surface area contributed by atoms with Crippen LogP contribution in [0.5, 0.6) is 0 Å². The van der Waals surface area contributed by atoms with E-state index in [1.807, 2.05) is 12.1 Å². The molecule has 0 aromatic heterocycles. The predicted molar refractivity (Wildman–Crippen MR) is 72.0 cm³/mol. The molecule has 16 heavy (non-hydrogen) atoms. The van der Waals surface area contributed by atoms with E-state index in [9.17, 15) is 4.79 Å². The van der Waals surface area contributed by atoms with Crippen LogP contribution >= 0.6 is 31.9 Å². The Bertz CT molecular complexity index is 364. The van der Waals surface area contributed by atoms with Crippen molar-refractivity contribution >= 4 is 37.8 Å². The molecule has 0 aliphatic rings. The first kappa shape index (κ1) is 13.7. The molecule has 0 saturated heterocycles. The fourth-order valence-electron chi connectivity index (χ4n) is 1.20. The molecule has 1 rings (SSSR count). The van der Waals surface area contributed by atoms with Crippen molar-refractivity contribution < 1.29 is 9.53 Å². The second-order valence-electron chi connectivity index (χ2n) is 3.43. The number of halogens is 2. The molecule has 0 bridgehead atoms. The number of rotatable bonds is 5. The molecular weight excluding hydrogens is 336 g/mol. The number of ether oxygens (including phenoxy) is 1. The summed E-state index contributed by atoms with van der Waals surface area (Å²) in [6.45, 7) is 2.56. The van der Waals surface area contributed by atoms with Crippen molar-refractivity contribution in [2.45, 2.75) is 25.1 Å². The summed E-state index contributed by atoms with van der Waals surface area (Å²) in [6, 6.07) is 5.48. The van der Waals surface area contributed by atoms with Crippen molar-refractivity contribution in [1.82, 2.24) is 0 Å². The van der Waals surface area contributed by atoms with Crippen LogP contribution in [0, 0.1) is 0 Å². The number of carbonyl (C=O) groups excluding carboxylic acids is 1. The summed E-state index contributed by atoms with van der Waals surface area (Å²) in [4.78, 5) is 11.6. The van der Waals surface area contributed by atoms with E-state index in [4.69, 9.17) is 4.74 Å². The van der Waals surface area contributed by atoms with E-state index in [0.717, 1.165) is 22.9 Å². The van der Waals surface area contributed by atoms with Crippen LogP contribution in [0.15, 0.2) is 22.7 Å². The Hall–Kier alpha value is -0.350. The van der Waals surface area contributed by atoms with Gasteiger partial charge >= 0.3 is 5.97 Å². The van der Waals surface area contributed by atoms with Crippen LogP contribution in [0.2, 0.25) is 0 Å². The van der Waals surface area contributed by atoms with E-state index in [-0.39, 0.29) is 5.97 Å². The molecule has 0 fully saturated rings. The lowest BCUT2D eigenvalue weighted by molar-refractivity contribution is 0.0499. The van der Waals surface area contributed by atoms with E-state index in [2.05, 4.69) is 38.8 Å². The third-order valence-electron chi connectivity index (χ3n) is 2.16. The molecule has 0 radical (unpaired) electrons. The van der Waals surface area contributed by atoms with Crippen molar-refractivity contribution in [3.63, 3.8) is 0 Å². The van der Waals surface area contributed by atoms with Crippen molar-refractivity contribution in [3.8, 4) is 0 Å². The number of hydrogen-bond acceptors (Lipinski definition) is 2. The SMILES string of the molecule is CCCCOC(=O)c1ccc(Br)c(CBr)c1. The van der Waals surface area contributed by atoms with Gasteiger partial charge in [0, 0.05) is 9.80 Å². The van der Waals surface area contributed by atoms with E-state index in [0.29, 0.717) is 17.5 Å². The van der Waals surface area contributed by atoms with Gasteiger partial charge in [0.1, 0.15) is 0 Å². The summed E-state index contributed by atoms with van der Waals surface area (Å²) in [5.74, 6) is -0.247. The highest BCUT2D eigenvalue weighted by atomic mass is 79.9.